The van der Waals surface area contributed by atoms with E-state index in [0.29, 0.717) is 69.3 Å². The Kier molecular flexibility index (Phi) is 14.2. The first-order valence-corrected chi connectivity index (χ1v) is 26.4. The van der Waals surface area contributed by atoms with Crippen molar-refractivity contribution in [2.75, 3.05) is 6.61 Å². The molecule has 7 aliphatic heterocycles. The summed E-state index contributed by atoms with van der Waals surface area (Å²) in [7, 11) is 0. The van der Waals surface area contributed by atoms with E-state index < -0.39 is 59.6 Å². The largest absolute Gasteiger partial charge is 0.390 e. The topological polar surface area (TPSA) is 146 Å². The Morgan fingerprint density at radius 1 is 0.855 bits per heavy atom. The van der Waals surface area contributed by atoms with Crippen LogP contribution in [0.1, 0.15) is 130 Å². The highest BCUT2D eigenvalue weighted by Crippen LogP contribution is 2.48. The molecule has 3 aromatic rings. The van der Waals surface area contributed by atoms with Gasteiger partial charge in [-0.05, 0) is 128 Å². The third-order valence-electron chi connectivity index (χ3n) is 17.0. The molecule has 7 aliphatic rings. The van der Waals surface area contributed by atoms with Crippen molar-refractivity contribution in [1.29, 1.82) is 0 Å². The number of aliphatic hydroxyl groups excluding tert-OH is 3. The van der Waals surface area contributed by atoms with E-state index in [4.69, 9.17) is 33.2 Å². The lowest BCUT2D eigenvalue weighted by molar-refractivity contribution is -0.321. The molecule has 0 unspecified atom stereocenters. The number of hydrogen-bond acceptors (Lipinski definition) is 11. The molecule has 0 amide bonds. The van der Waals surface area contributed by atoms with Crippen LogP contribution in [0.5, 0.6) is 0 Å². The van der Waals surface area contributed by atoms with Crippen molar-refractivity contribution >= 4 is 21.5 Å². The number of fused-ring (bicyclic) bond motifs is 3. The highest BCUT2D eigenvalue weighted by molar-refractivity contribution is 6.02. The van der Waals surface area contributed by atoms with E-state index >= 15 is 0 Å². The highest BCUT2D eigenvalue weighted by atomic mass is 16.7. The molecule has 0 aliphatic carbocycles. The van der Waals surface area contributed by atoms with Crippen LogP contribution in [0.2, 0.25) is 0 Å². The van der Waals surface area contributed by atoms with Gasteiger partial charge < -0.3 is 53.6 Å². The molecule has 11 heteroatoms. The molecule has 6 fully saturated rings. The number of hydrogen-bond donors (Lipinski definition) is 4. The van der Waals surface area contributed by atoms with Gasteiger partial charge in [-0.2, -0.15) is 0 Å². The van der Waals surface area contributed by atoms with E-state index in [1.165, 1.54) is 0 Å². The first kappa shape index (κ1) is 49.5. The van der Waals surface area contributed by atoms with Gasteiger partial charge >= 0.3 is 0 Å². The monoisotopic (exact) mass is 951 g/mol. The minimum Gasteiger partial charge on any atom is -0.390 e. The molecule has 376 valence electrons. The maximum Gasteiger partial charge on any atom is 0.215 e. The highest BCUT2D eigenvalue weighted by Gasteiger charge is 2.55. The summed E-state index contributed by atoms with van der Waals surface area (Å²) in [6.45, 7) is 15.4. The van der Waals surface area contributed by atoms with E-state index in [9.17, 15) is 20.4 Å². The summed E-state index contributed by atoms with van der Waals surface area (Å²) in [6.07, 6.45) is 11.8. The number of benzene rings is 3. The predicted octanol–water partition coefficient (Wildman–Crippen LogP) is 9.68. The molecule has 10 rings (SSSR count). The Bertz CT molecular complexity index is 2320. The first-order chi connectivity index (χ1) is 33.0. The summed E-state index contributed by atoms with van der Waals surface area (Å²) < 4.78 is 46.4. The number of ether oxygens (including phenoxy) is 7. The molecular formula is C58H78O11. The molecule has 0 radical (unpaired) electrons. The van der Waals surface area contributed by atoms with Crippen LogP contribution in [0.3, 0.4) is 0 Å². The van der Waals surface area contributed by atoms with Crippen LogP contribution in [-0.4, -0.2) is 111 Å². The van der Waals surface area contributed by atoms with Crippen LogP contribution in [-0.2, 0) is 39.6 Å². The van der Waals surface area contributed by atoms with Crippen LogP contribution in [0, 0.1) is 17.8 Å². The van der Waals surface area contributed by atoms with Gasteiger partial charge in [0.05, 0.1) is 48.8 Å². The zero-order valence-electron chi connectivity index (χ0n) is 41.6. The summed E-state index contributed by atoms with van der Waals surface area (Å²) >= 11 is 0. The van der Waals surface area contributed by atoms with Gasteiger partial charge in [0.25, 0.3) is 0 Å². The molecule has 17 atom stereocenters. The van der Waals surface area contributed by atoms with Gasteiger partial charge in [-0.3, -0.25) is 0 Å². The maximum atomic E-state index is 12.1. The van der Waals surface area contributed by atoms with Gasteiger partial charge in [-0.25, -0.2) is 0 Å². The van der Waals surface area contributed by atoms with Crippen molar-refractivity contribution in [2.24, 2.45) is 17.8 Å². The summed E-state index contributed by atoms with van der Waals surface area (Å²) in [5, 5.41) is 51.6. The van der Waals surface area contributed by atoms with Crippen LogP contribution in [0.4, 0.5) is 0 Å². The average Bonchev–Trinajstić information content (AvgIpc) is 3.72. The Balaban J connectivity index is 0.736. The van der Waals surface area contributed by atoms with Gasteiger partial charge in [0.1, 0.15) is 24.4 Å². The minimum atomic E-state index is -1.31. The normalized spacial score (nSPS) is 39.7. The second-order valence-corrected chi connectivity index (χ2v) is 22.8. The Morgan fingerprint density at radius 2 is 1.58 bits per heavy atom. The zero-order valence-corrected chi connectivity index (χ0v) is 41.6. The van der Waals surface area contributed by atoms with Gasteiger partial charge in [-0.1, -0.05) is 93.6 Å². The quantitative estimate of drug-likeness (QED) is 0.108. The van der Waals surface area contributed by atoms with E-state index in [0.717, 1.165) is 77.8 Å². The third kappa shape index (κ3) is 10.2. The Hall–Kier alpha value is -3.04. The van der Waals surface area contributed by atoms with Crippen LogP contribution in [0.15, 0.2) is 90.6 Å². The van der Waals surface area contributed by atoms with Crippen molar-refractivity contribution in [3.8, 4) is 0 Å². The fourth-order valence-corrected chi connectivity index (χ4v) is 13.3. The number of rotatable bonds is 11. The second-order valence-electron chi connectivity index (χ2n) is 22.8. The number of aliphatic hydroxyl groups is 4. The molecule has 7 heterocycles. The van der Waals surface area contributed by atoms with E-state index in [1.807, 2.05) is 13.0 Å². The molecule has 0 saturated carbocycles. The van der Waals surface area contributed by atoms with Crippen molar-refractivity contribution in [3.05, 3.63) is 96.1 Å². The lowest BCUT2D eigenvalue weighted by atomic mass is 9.79. The van der Waals surface area contributed by atoms with E-state index in [1.54, 1.807) is 0 Å². The fourth-order valence-electron chi connectivity index (χ4n) is 13.3. The zero-order chi connectivity index (χ0) is 48.3. The second kappa shape index (κ2) is 19.8. The van der Waals surface area contributed by atoms with Crippen molar-refractivity contribution in [1.82, 2.24) is 0 Å². The van der Waals surface area contributed by atoms with Crippen LogP contribution in [0.25, 0.3) is 21.5 Å². The predicted molar refractivity (Wildman–Crippen MR) is 265 cm³/mol. The SMILES string of the molecule is C=C1[C@@H](O)[C@@H]2O[C@]3(CC[C@H](/C=C/[C@@H](C)[C@@H]4CC(C)=C[C@@]5(O[C@H](C[C@@](C)(O)Cc6c7ccccc7cc7ccccc67)CC[C@H]5O)O4)O3)CC[C@H]2O[C@@H]1[C@@H](O)C[C@H](C)[C@H]1O[C@@]2(CCCCO2)CC[C@H]1C. The molecule has 4 N–H and O–H groups in total. The lowest BCUT2D eigenvalue weighted by Gasteiger charge is -2.50. The molecule has 6 saturated heterocycles. The van der Waals surface area contributed by atoms with Gasteiger partial charge in [-0.15, -0.1) is 0 Å². The third-order valence-corrected chi connectivity index (χ3v) is 17.0. The van der Waals surface area contributed by atoms with E-state index in [2.05, 4.69) is 101 Å². The van der Waals surface area contributed by atoms with Crippen molar-refractivity contribution in [2.45, 2.75) is 215 Å². The van der Waals surface area contributed by atoms with Gasteiger partial charge in [0.2, 0.25) is 5.79 Å². The molecule has 0 bridgehead atoms. The van der Waals surface area contributed by atoms with Crippen LogP contribution >= 0.6 is 0 Å². The minimum absolute atomic E-state index is 0.0289. The fraction of sp³-hybridized carbons (Fsp3) is 0.655. The molecule has 69 heavy (non-hydrogen) atoms. The summed E-state index contributed by atoms with van der Waals surface area (Å²) in [4.78, 5) is 0. The van der Waals surface area contributed by atoms with Gasteiger partial charge in [0.15, 0.2) is 11.6 Å². The summed E-state index contributed by atoms with van der Waals surface area (Å²) in [5.74, 6) is -2.28. The summed E-state index contributed by atoms with van der Waals surface area (Å²) in [6, 6.07) is 19.0. The molecule has 3 aromatic carbocycles. The molecule has 3 spiro atoms. The summed E-state index contributed by atoms with van der Waals surface area (Å²) in [5.41, 5.74) is 1.58. The van der Waals surface area contributed by atoms with Crippen molar-refractivity contribution < 1.29 is 53.6 Å². The molecular weight excluding hydrogens is 873 g/mol. The van der Waals surface area contributed by atoms with Crippen LogP contribution < -0.4 is 0 Å². The molecule has 0 aromatic heterocycles. The Morgan fingerprint density at radius 3 is 2.32 bits per heavy atom. The average molecular weight is 951 g/mol. The maximum absolute atomic E-state index is 12.1. The Labute approximate surface area is 409 Å². The lowest BCUT2D eigenvalue weighted by Crippen LogP contribution is -2.60. The van der Waals surface area contributed by atoms with E-state index in [-0.39, 0.29) is 36.3 Å². The van der Waals surface area contributed by atoms with Crippen molar-refractivity contribution in [3.63, 3.8) is 0 Å². The first-order valence-electron chi connectivity index (χ1n) is 26.4. The van der Waals surface area contributed by atoms with Gasteiger partial charge in [0, 0.05) is 44.4 Å². The standard InChI is InChI=1S/C58H78O11/c1-35-29-49(67-58(32-35)50(60)20-19-43(66-58)33-55(6,62)34-46-44-15-9-7-13-40(44)31-41-14-8-10-16-45(41)46)36(2)17-18-42-22-26-57(65-42)27-23-48-54(69-57)51(61)39(5)53(64-48)47(59)30-38(4)52-37(3)21-25-56(68-52)24-11-12-28-63-56/h7-10,13-18,31-32,36-38,42-43,47-54,59-62H,5,11-12,19-30,33-34H2,1-4,6H3/b18-17+/t36-,37-,38+,42+,43+,47+,48-,49+,50-,51-,52+,53+,54-,55-,56+,57-,58-/m1/s1. The molecule has 11 nitrogen and oxygen atoms in total. The smallest absolute Gasteiger partial charge is 0.215 e.